The molecule has 0 radical (unpaired) electrons. The van der Waals surface area contributed by atoms with Crippen molar-refractivity contribution < 1.29 is 9.60 Å². The Bertz CT molecular complexity index is 2780. The molecule has 0 aromatic heterocycles. The molecule has 0 heteroatoms. The van der Waals surface area contributed by atoms with Crippen molar-refractivity contribution >= 4 is 0 Å². The Kier molecular flexibility index (Phi) is 24.0. The average Bonchev–Trinajstić information content (AvgIpc) is 0.760. The molecule has 1 atom stereocenters. The van der Waals surface area contributed by atoms with Gasteiger partial charge in [-0.25, -0.2) is 0 Å². The molecule has 4 aliphatic carbocycles. The van der Waals surface area contributed by atoms with Gasteiger partial charge in [0.2, 0.25) is 0 Å². The molecule has 4 saturated carbocycles. The summed E-state index contributed by atoms with van der Waals surface area (Å²) in [7, 11) is 0. The van der Waals surface area contributed by atoms with E-state index in [9.17, 15) is 0 Å². The summed E-state index contributed by atoms with van der Waals surface area (Å²) in [6.07, 6.45) is 8.95. The van der Waals surface area contributed by atoms with Crippen molar-refractivity contribution in [3.63, 3.8) is 0 Å². The second-order valence-corrected chi connectivity index (χ2v) is 32.2. The fraction of sp³-hybridized carbons (Fsp3) is 0.634. The molecule has 4 fully saturated rings. The second kappa shape index (κ2) is 31.5. The molecule has 5 aromatic rings. The summed E-state index contributed by atoms with van der Waals surface area (Å²) in [4.78, 5) is 0. The third-order valence-corrected chi connectivity index (χ3v) is 16.6. The van der Waals surface area contributed by atoms with E-state index in [1.807, 2.05) is 41.5 Å². The molecule has 9 rings (SSSR count). The van der Waals surface area contributed by atoms with Gasteiger partial charge in [0.25, 0.3) is 0 Å². The van der Waals surface area contributed by atoms with Gasteiger partial charge >= 0.3 is 0 Å². The van der Waals surface area contributed by atoms with Gasteiger partial charge in [0.1, 0.15) is 0 Å². The van der Waals surface area contributed by atoms with Crippen molar-refractivity contribution in [2.24, 2.45) is 46.3 Å². The van der Waals surface area contributed by atoms with Gasteiger partial charge in [-0.1, -0.05) is 288 Å². The smallest absolute Gasteiger partial charge is 0.0626 e. The Morgan fingerprint density at radius 3 is 1.00 bits per heavy atom. The molecule has 460 valence electrons. The molecule has 0 amide bonds. The Hall–Kier alpha value is -3.90. The minimum absolute atomic E-state index is 0.0703. The maximum Gasteiger partial charge on any atom is 0.0626 e. The molecule has 0 heterocycles. The third-order valence-electron chi connectivity index (χ3n) is 16.6. The molecular formula is C82H132. The largest absolute Gasteiger partial charge is 0.0654 e. The monoisotopic (exact) mass is 1120 g/mol. The van der Waals surface area contributed by atoms with E-state index in [4.69, 9.17) is 9.60 Å². The van der Waals surface area contributed by atoms with Gasteiger partial charge < -0.3 is 0 Å². The molecule has 4 bridgehead atoms. The molecule has 0 spiro atoms. The van der Waals surface area contributed by atoms with Crippen molar-refractivity contribution in [3.8, 4) is 0 Å². The first-order chi connectivity index (χ1) is 40.2. The lowest BCUT2D eigenvalue weighted by Crippen LogP contribution is -2.49. The van der Waals surface area contributed by atoms with E-state index in [0.717, 1.165) is 31.1 Å². The van der Waals surface area contributed by atoms with E-state index in [-0.39, 0.29) is 73.9 Å². The second-order valence-electron chi connectivity index (χ2n) is 32.2. The first kappa shape index (κ1) is 62.6. The Morgan fingerprint density at radius 2 is 0.744 bits per heavy atom. The molecule has 5 aromatic carbocycles. The van der Waals surface area contributed by atoms with E-state index in [1.165, 1.54) is 87.7 Å². The topological polar surface area (TPSA) is 0 Å². The van der Waals surface area contributed by atoms with Crippen molar-refractivity contribution in [1.29, 1.82) is 0 Å². The van der Waals surface area contributed by atoms with Crippen molar-refractivity contribution in [3.05, 3.63) is 176 Å². The predicted octanol–water partition coefficient (Wildman–Crippen LogP) is 25.4. The fourth-order valence-electron chi connectivity index (χ4n) is 14.2. The van der Waals surface area contributed by atoms with Crippen LogP contribution in [0.15, 0.2) is 109 Å². The normalized spacial score (nSPS) is 21.2. The van der Waals surface area contributed by atoms with E-state index in [1.54, 1.807) is 6.92 Å². The van der Waals surface area contributed by atoms with E-state index in [2.05, 4.69) is 244 Å². The summed E-state index contributed by atoms with van der Waals surface area (Å²) < 4.78 is 55.9. The standard InChI is InChI=1S/C14H24.2C12H18.3C11H16.C11H24/c1-14(2,3)13-11-5-9-4-10(7-11)8-12(13)6-9;2*1-9-7-6-8-10(2)11(9)12(3,4)5;3*1-9-7-5-6-8-10(9)11(2,3)4;1-6-8-10(7-2)9-11(3,4)5/h9-13H,4-8H2,1-3H3;2*6-8H,1-5H3;3*5-8H,1-4H3;10H,6-9H2,1-5H3/i13D;;;5D,6D,7D,8D;;;9D2. The van der Waals surface area contributed by atoms with Crippen LogP contribution in [0.25, 0.3) is 0 Å². The SMILES string of the molecule is Cc1cccc(C)c1C(C)(C)C.Cc1cccc(C)c1C(C)(C)C.Cc1ccccc1C(C)(C)C.Cc1ccccc1C(C)(C)C.[2H]C([2H])(C(CC)CCC)C(C)(C)C.[2H]C1(C(C)(C)C)C2CC3CC(C2)CC1C3.[2H]c1c([2H])c([2H])c(C(C)(C)C)c(C)c1[2H]. The lowest BCUT2D eigenvalue weighted by Gasteiger charge is -2.58. The van der Waals surface area contributed by atoms with Crippen LogP contribution in [-0.4, -0.2) is 0 Å². The molecule has 82 heavy (non-hydrogen) atoms. The molecule has 4 aliphatic rings. The zero-order valence-corrected chi connectivity index (χ0v) is 59.1. The Morgan fingerprint density at radius 1 is 0.415 bits per heavy atom. The maximum atomic E-state index is 9.00. The number of aryl methyl sites for hydroxylation is 6. The first-order valence-corrected chi connectivity index (χ1v) is 32.1. The van der Waals surface area contributed by atoms with Gasteiger partial charge in [-0.05, 0) is 227 Å². The lowest BCUT2D eigenvalue weighted by atomic mass is 9.47. The van der Waals surface area contributed by atoms with Crippen LogP contribution in [-0.2, 0) is 27.1 Å². The highest BCUT2D eigenvalue weighted by Crippen LogP contribution is 2.60. The number of hydrogen-bond acceptors (Lipinski definition) is 0. The molecule has 0 saturated heterocycles. The highest BCUT2D eigenvalue weighted by molar-refractivity contribution is 5.40. The number of hydrogen-bond donors (Lipinski definition) is 0. The zero-order valence-electron chi connectivity index (χ0n) is 66.1. The van der Waals surface area contributed by atoms with Gasteiger partial charge in [0, 0.05) is 4.11 Å². The van der Waals surface area contributed by atoms with E-state index >= 15 is 0 Å². The summed E-state index contributed by atoms with van der Waals surface area (Å²) in [6, 6.07) is 30.0. The molecule has 1 unspecified atom stereocenters. The molecular weight excluding hydrogens is 985 g/mol. The third kappa shape index (κ3) is 25.0. The summed E-state index contributed by atoms with van der Waals surface area (Å²) in [5.41, 5.74) is 16.4. The van der Waals surface area contributed by atoms with Gasteiger partial charge in [-0.3, -0.25) is 0 Å². The van der Waals surface area contributed by atoms with Crippen LogP contribution < -0.4 is 0 Å². The quantitative estimate of drug-likeness (QED) is 0.168. The lowest BCUT2D eigenvalue weighted by molar-refractivity contribution is -0.0811. The molecule has 0 N–H and O–H groups in total. The van der Waals surface area contributed by atoms with Crippen molar-refractivity contribution in [2.45, 2.75) is 293 Å². The number of benzene rings is 5. The fourth-order valence-corrected chi connectivity index (χ4v) is 14.2. The Labute approximate surface area is 521 Å². The van der Waals surface area contributed by atoms with Gasteiger partial charge in [0.05, 0.1) is 5.48 Å². The first-order valence-electron chi connectivity index (χ1n) is 35.6. The average molecular weight is 1130 g/mol. The minimum Gasteiger partial charge on any atom is -0.0654 e. The van der Waals surface area contributed by atoms with Crippen LogP contribution in [0.3, 0.4) is 0 Å². The predicted molar refractivity (Wildman–Crippen MR) is 372 cm³/mol. The van der Waals surface area contributed by atoms with Crippen LogP contribution in [0.5, 0.6) is 0 Å². The summed E-state index contributed by atoms with van der Waals surface area (Å²) >= 11 is 0. The van der Waals surface area contributed by atoms with E-state index < -0.39 is 6.37 Å². The van der Waals surface area contributed by atoms with Crippen LogP contribution in [0.4, 0.5) is 0 Å². The van der Waals surface area contributed by atoms with Crippen molar-refractivity contribution in [2.75, 3.05) is 0 Å². The summed E-state index contributed by atoms with van der Waals surface area (Å²) in [5.74, 6) is 3.52. The van der Waals surface area contributed by atoms with E-state index in [0.29, 0.717) is 23.0 Å². The van der Waals surface area contributed by atoms with Crippen LogP contribution in [0.2, 0.25) is 0 Å². The van der Waals surface area contributed by atoms with Crippen molar-refractivity contribution in [1.82, 2.24) is 0 Å². The van der Waals surface area contributed by atoms with Crippen LogP contribution in [0, 0.1) is 94.8 Å². The highest BCUT2D eigenvalue weighted by atomic mass is 14.6. The summed E-state index contributed by atoms with van der Waals surface area (Å²) in [5, 5.41) is 0. The van der Waals surface area contributed by atoms with Crippen LogP contribution >= 0.6 is 0 Å². The highest BCUT2D eigenvalue weighted by Gasteiger charge is 2.51. The van der Waals surface area contributed by atoms with Gasteiger partial charge in [0.15, 0.2) is 0 Å². The molecule has 0 nitrogen and oxygen atoms in total. The van der Waals surface area contributed by atoms with Gasteiger partial charge in [-0.15, -0.1) is 0 Å². The zero-order chi connectivity index (χ0) is 69.2. The van der Waals surface area contributed by atoms with Crippen LogP contribution in [0.1, 0.15) is 293 Å². The number of rotatable bonds is 4. The van der Waals surface area contributed by atoms with Gasteiger partial charge in [-0.2, -0.15) is 0 Å². The summed E-state index contributed by atoms with van der Waals surface area (Å²) in [6.45, 7) is 64.8. The maximum absolute atomic E-state index is 9.00. The minimum atomic E-state index is -1.04. The Balaban J connectivity index is 0.000000355. The molecule has 0 aliphatic heterocycles.